The van der Waals surface area contributed by atoms with Gasteiger partial charge in [0.05, 0.1) is 17.3 Å². The number of aryl methyl sites for hydroxylation is 1. The molecule has 180 valence electrons. The Hall–Kier alpha value is -3.07. The van der Waals surface area contributed by atoms with Crippen molar-refractivity contribution >= 4 is 46.7 Å². The van der Waals surface area contributed by atoms with E-state index in [1.54, 1.807) is 34.9 Å². The number of anilines is 1. The molecular weight excluding hydrogens is 508 g/mol. The zero-order chi connectivity index (χ0) is 24.8. The van der Waals surface area contributed by atoms with Gasteiger partial charge in [-0.1, -0.05) is 66.2 Å². The van der Waals surface area contributed by atoms with Crippen molar-refractivity contribution in [2.24, 2.45) is 0 Å². The van der Waals surface area contributed by atoms with Gasteiger partial charge in [-0.3, -0.25) is 4.57 Å². The second-order valence-corrected chi connectivity index (χ2v) is 9.39. The number of aromatic nitrogens is 3. The number of benzene rings is 3. The molecule has 2 amide bonds. The minimum absolute atomic E-state index is 0.103. The van der Waals surface area contributed by atoms with Crippen molar-refractivity contribution in [2.45, 2.75) is 30.8 Å². The molecule has 0 saturated heterocycles. The van der Waals surface area contributed by atoms with Crippen LogP contribution in [0.3, 0.4) is 0 Å². The van der Waals surface area contributed by atoms with E-state index >= 15 is 0 Å². The highest BCUT2D eigenvalue weighted by Gasteiger charge is 2.18. The molecule has 1 aromatic heterocycles. The summed E-state index contributed by atoms with van der Waals surface area (Å²) in [5.41, 5.74) is 3.35. The largest absolute Gasteiger partial charge is 0.331 e. The summed E-state index contributed by atoms with van der Waals surface area (Å²) < 4.78 is 15.0. The quantitative estimate of drug-likeness (QED) is 0.244. The molecule has 0 aliphatic rings. The van der Waals surface area contributed by atoms with Gasteiger partial charge >= 0.3 is 6.03 Å². The number of rotatable bonds is 8. The van der Waals surface area contributed by atoms with Crippen molar-refractivity contribution in [1.82, 2.24) is 20.1 Å². The molecule has 4 rings (SSSR count). The van der Waals surface area contributed by atoms with Crippen molar-refractivity contribution < 1.29 is 9.18 Å². The predicted molar refractivity (Wildman–Crippen MR) is 139 cm³/mol. The van der Waals surface area contributed by atoms with Gasteiger partial charge in [0.2, 0.25) is 0 Å². The molecule has 0 bridgehead atoms. The van der Waals surface area contributed by atoms with E-state index < -0.39 is 0 Å². The zero-order valence-corrected chi connectivity index (χ0v) is 21.1. The Bertz CT molecular complexity index is 1330. The Morgan fingerprint density at radius 3 is 2.60 bits per heavy atom. The minimum atomic E-state index is -0.370. The normalized spacial score (nSPS) is 10.9. The summed E-state index contributed by atoms with van der Waals surface area (Å²) in [5, 5.41) is 15.8. The van der Waals surface area contributed by atoms with E-state index in [1.165, 1.54) is 23.9 Å². The fraction of sp³-hybridized carbons (Fsp3) is 0.160. The SMILES string of the molecule is CCc1cccc(NC(=O)NCc2nnc(SCc3ccc(F)cc3)n2-c2cc(Cl)ccc2Cl)c1. The number of hydrogen-bond donors (Lipinski definition) is 2. The molecule has 0 aliphatic carbocycles. The fourth-order valence-corrected chi connectivity index (χ4v) is 4.63. The summed E-state index contributed by atoms with van der Waals surface area (Å²) in [4.78, 5) is 12.5. The van der Waals surface area contributed by atoms with Crippen LogP contribution >= 0.6 is 35.0 Å². The number of nitrogens with zero attached hydrogens (tertiary/aromatic N) is 3. The van der Waals surface area contributed by atoms with E-state index in [4.69, 9.17) is 23.2 Å². The van der Waals surface area contributed by atoms with Gasteiger partial charge in [0.25, 0.3) is 0 Å². The minimum Gasteiger partial charge on any atom is -0.331 e. The number of nitrogens with one attached hydrogen (secondary N) is 2. The molecule has 1 heterocycles. The van der Waals surface area contributed by atoms with Crippen molar-refractivity contribution in [2.75, 3.05) is 5.32 Å². The second kappa shape index (κ2) is 11.6. The lowest BCUT2D eigenvalue weighted by molar-refractivity contribution is 0.251. The molecular formula is C25H22Cl2FN5OS. The van der Waals surface area contributed by atoms with Crippen LogP contribution in [0.15, 0.2) is 71.9 Å². The molecule has 10 heteroatoms. The van der Waals surface area contributed by atoms with Gasteiger partial charge in [-0.25, -0.2) is 9.18 Å². The Kier molecular flexibility index (Phi) is 8.28. The van der Waals surface area contributed by atoms with Crippen molar-refractivity contribution in [3.63, 3.8) is 0 Å². The molecule has 0 spiro atoms. The third kappa shape index (κ3) is 6.54. The fourth-order valence-electron chi connectivity index (χ4n) is 3.34. The molecule has 0 aliphatic heterocycles. The molecule has 6 nitrogen and oxygen atoms in total. The number of urea groups is 1. The highest BCUT2D eigenvalue weighted by atomic mass is 35.5. The van der Waals surface area contributed by atoms with Crippen molar-refractivity contribution in [3.8, 4) is 5.69 Å². The van der Waals surface area contributed by atoms with Crippen LogP contribution in [0.5, 0.6) is 0 Å². The van der Waals surface area contributed by atoms with Gasteiger partial charge in [0.15, 0.2) is 11.0 Å². The average molecular weight is 530 g/mol. The Morgan fingerprint density at radius 2 is 1.83 bits per heavy atom. The Morgan fingerprint density at radius 1 is 1.03 bits per heavy atom. The molecule has 4 aromatic rings. The van der Waals surface area contributed by atoms with Crippen LogP contribution in [0, 0.1) is 5.82 Å². The van der Waals surface area contributed by atoms with Crippen molar-refractivity contribution in [3.05, 3.63) is 99.5 Å². The summed E-state index contributed by atoms with van der Waals surface area (Å²) in [6.45, 7) is 2.16. The Balaban J connectivity index is 1.54. The van der Waals surface area contributed by atoms with E-state index in [-0.39, 0.29) is 18.4 Å². The maximum atomic E-state index is 13.2. The lowest BCUT2D eigenvalue weighted by Gasteiger charge is -2.13. The summed E-state index contributed by atoms with van der Waals surface area (Å²) in [7, 11) is 0. The molecule has 3 aromatic carbocycles. The van der Waals surface area contributed by atoms with Gasteiger partial charge in [-0.15, -0.1) is 10.2 Å². The Labute approximate surface area is 216 Å². The molecule has 0 unspecified atom stereocenters. The second-order valence-electron chi connectivity index (χ2n) is 7.61. The van der Waals surface area contributed by atoms with Gasteiger partial charge in [0.1, 0.15) is 5.82 Å². The molecule has 0 saturated carbocycles. The van der Waals surface area contributed by atoms with Gasteiger partial charge in [-0.05, 0) is 60.0 Å². The summed E-state index contributed by atoms with van der Waals surface area (Å²) in [6, 6.07) is 18.7. The molecule has 2 N–H and O–H groups in total. The predicted octanol–water partition coefficient (Wildman–Crippen LogP) is 6.89. The standard InChI is InChI=1S/C25H22Cl2FN5OS/c1-2-16-4-3-5-20(12-16)30-24(34)29-14-23-31-32-25(35-15-17-6-9-19(28)10-7-17)33(23)22-13-18(26)8-11-21(22)27/h3-13H,2,14-15H2,1H3,(H2,29,30,34). The molecule has 35 heavy (non-hydrogen) atoms. The van der Waals surface area contributed by atoms with E-state index in [0.717, 1.165) is 17.5 Å². The van der Waals surface area contributed by atoms with E-state index in [1.807, 2.05) is 24.3 Å². The summed E-state index contributed by atoms with van der Waals surface area (Å²) in [6.07, 6.45) is 0.874. The third-order valence-electron chi connectivity index (χ3n) is 5.13. The zero-order valence-electron chi connectivity index (χ0n) is 18.8. The first kappa shape index (κ1) is 25.0. The number of thioether (sulfide) groups is 1. The highest BCUT2D eigenvalue weighted by molar-refractivity contribution is 7.98. The van der Waals surface area contributed by atoms with Crippen LogP contribution in [-0.2, 0) is 18.7 Å². The topological polar surface area (TPSA) is 71.8 Å². The van der Waals surface area contributed by atoms with E-state index in [0.29, 0.717) is 38.2 Å². The van der Waals surface area contributed by atoms with Crippen LogP contribution in [0.25, 0.3) is 5.69 Å². The first-order valence-electron chi connectivity index (χ1n) is 10.8. The molecule has 0 radical (unpaired) electrons. The number of hydrogen-bond acceptors (Lipinski definition) is 4. The lowest BCUT2D eigenvalue weighted by atomic mass is 10.1. The number of amides is 2. The summed E-state index contributed by atoms with van der Waals surface area (Å²) in [5.74, 6) is 0.729. The lowest BCUT2D eigenvalue weighted by Crippen LogP contribution is -2.29. The number of halogens is 3. The van der Waals surface area contributed by atoms with Gasteiger partial charge in [0, 0.05) is 16.5 Å². The van der Waals surface area contributed by atoms with Crippen molar-refractivity contribution in [1.29, 1.82) is 0 Å². The van der Waals surface area contributed by atoms with Gasteiger partial charge < -0.3 is 10.6 Å². The highest BCUT2D eigenvalue weighted by Crippen LogP contribution is 2.31. The maximum absolute atomic E-state index is 13.2. The van der Waals surface area contributed by atoms with Crippen LogP contribution in [0.4, 0.5) is 14.9 Å². The maximum Gasteiger partial charge on any atom is 0.319 e. The van der Waals surface area contributed by atoms with Crippen LogP contribution in [0.2, 0.25) is 10.0 Å². The van der Waals surface area contributed by atoms with E-state index in [9.17, 15) is 9.18 Å². The van der Waals surface area contributed by atoms with Gasteiger partial charge in [-0.2, -0.15) is 0 Å². The number of carbonyl (C=O) groups excluding carboxylic acids is 1. The van der Waals surface area contributed by atoms with E-state index in [2.05, 4.69) is 27.8 Å². The smallest absolute Gasteiger partial charge is 0.319 e. The van der Waals surface area contributed by atoms with Crippen LogP contribution in [0.1, 0.15) is 23.9 Å². The first-order chi connectivity index (χ1) is 16.9. The summed E-state index contributed by atoms with van der Waals surface area (Å²) >= 11 is 14.1. The van der Waals surface area contributed by atoms with Crippen LogP contribution < -0.4 is 10.6 Å². The average Bonchev–Trinajstić information content (AvgIpc) is 3.26. The monoisotopic (exact) mass is 529 g/mol. The molecule has 0 fully saturated rings. The molecule has 0 atom stereocenters. The number of carbonyl (C=O) groups is 1. The van der Waals surface area contributed by atoms with Crippen LogP contribution in [-0.4, -0.2) is 20.8 Å². The third-order valence-corrected chi connectivity index (χ3v) is 6.69. The first-order valence-corrected chi connectivity index (χ1v) is 12.6.